The Hall–Kier alpha value is -2.01. The quantitative estimate of drug-likeness (QED) is 0.637. The van der Waals surface area contributed by atoms with Crippen molar-refractivity contribution in [3.05, 3.63) is 48.0 Å². The van der Waals surface area contributed by atoms with E-state index in [9.17, 15) is 0 Å². The van der Waals surface area contributed by atoms with Gasteiger partial charge in [0.1, 0.15) is 11.4 Å². The molecular formula is C15H18N3OSi. The van der Waals surface area contributed by atoms with Crippen molar-refractivity contribution in [2.75, 3.05) is 0 Å². The number of rotatable bonds is 4. The predicted octanol–water partition coefficient (Wildman–Crippen LogP) is 3.56. The highest BCUT2D eigenvalue weighted by molar-refractivity contribution is 6.49. The van der Waals surface area contributed by atoms with Crippen LogP contribution in [0.1, 0.15) is 18.4 Å². The fraction of sp³-hybridized carbons (Fsp3) is 0.267. The van der Waals surface area contributed by atoms with Crippen LogP contribution in [-0.2, 0) is 0 Å². The summed E-state index contributed by atoms with van der Waals surface area (Å²) in [7, 11) is -0.815. The average molecular weight is 284 g/mol. The molecule has 0 saturated heterocycles. The van der Waals surface area contributed by atoms with Crippen LogP contribution in [0.25, 0.3) is 0 Å². The third-order valence-electron chi connectivity index (χ3n) is 2.59. The highest BCUT2D eigenvalue weighted by atomic mass is 28.3. The third kappa shape index (κ3) is 3.74. The van der Waals surface area contributed by atoms with Crippen molar-refractivity contribution >= 4 is 20.4 Å². The molecule has 0 atom stereocenters. The molecule has 4 nitrogen and oxygen atoms in total. The van der Waals surface area contributed by atoms with E-state index in [1.54, 1.807) is 6.20 Å². The third-order valence-corrected chi connectivity index (χ3v) is 3.21. The predicted molar refractivity (Wildman–Crippen MR) is 83.2 cm³/mol. The molecule has 1 radical (unpaired) electrons. The minimum atomic E-state index is -0.815. The van der Waals surface area contributed by atoms with Crippen LogP contribution in [0, 0.1) is 6.92 Å². The molecule has 20 heavy (non-hydrogen) atoms. The number of aliphatic imine (C=N–C) groups is 1. The maximum atomic E-state index is 5.86. The molecule has 0 saturated carbocycles. The standard InChI is InChI=1S/C15H18N3OSi/c1-11-9-10-16-15(17-11)12(2)18-13-7-5-6-8-14(13)19-20(3)4/h5-10H,1-4H3. The molecule has 0 fully saturated rings. The average Bonchev–Trinajstić information content (AvgIpc) is 2.40. The number of nitrogens with zero attached hydrogens (tertiary/aromatic N) is 3. The fourth-order valence-corrected chi connectivity index (χ4v) is 2.32. The van der Waals surface area contributed by atoms with Crippen LogP contribution in [0.5, 0.6) is 5.75 Å². The molecule has 0 N–H and O–H groups in total. The van der Waals surface area contributed by atoms with Crippen LogP contribution in [-0.4, -0.2) is 24.7 Å². The van der Waals surface area contributed by atoms with Crippen LogP contribution in [0.15, 0.2) is 41.5 Å². The van der Waals surface area contributed by atoms with E-state index in [0.717, 1.165) is 22.8 Å². The second-order valence-electron chi connectivity index (χ2n) is 4.70. The number of benzene rings is 1. The van der Waals surface area contributed by atoms with Crippen LogP contribution in [0.3, 0.4) is 0 Å². The van der Waals surface area contributed by atoms with Crippen LogP contribution in [0.4, 0.5) is 5.69 Å². The second-order valence-corrected chi connectivity index (χ2v) is 6.72. The minimum Gasteiger partial charge on any atom is -0.541 e. The van der Waals surface area contributed by atoms with Gasteiger partial charge in [-0.3, -0.25) is 0 Å². The number of hydrogen-bond acceptors (Lipinski definition) is 4. The van der Waals surface area contributed by atoms with Gasteiger partial charge in [0.15, 0.2) is 5.82 Å². The van der Waals surface area contributed by atoms with E-state index >= 15 is 0 Å². The first-order valence-corrected chi connectivity index (χ1v) is 8.89. The fourth-order valence-electron chi connectivity index (χ4n) is 1.71. The van der Waals surface area contributed by atoms with Gasteiger partial charge in [-0.25, -0.2) is 15.0 Å². The lowest BCUT2D eigenvalue weighted by molar-refractivity contribution is 0.582. The van der Waals surface area contributed by atoms with Crippen molar-refractivity contribution in [3.63, 3.8) is 0 Å². The van der Waals surface area contributed by atoms with Gasteiger partial charge in [-0.05, 0) is 45.1 Å². The Labute approximate surface area is 121 Å². The molecule has 2 aromatic rings. The molecule has 0 aliphatic carbocycles. The molecule has 103 valence electrons. The lowest BCUT2D eigenvalue weighted by Gasteiger charge is -2.11. The van der Waals surface area contributed by atoms with Gasteiger partial charge in [-0.15, -0.1) is 0 Å². The van der Waals surface area contributed by atoms with E-state index < -0.39 is 9.04 Å². The maximum absolute atomic E-state index is 5.86. The van der Waals surface area contributed by atoms with Crippen molar-refractivity contribution in [3.8, 4) is 5.75 Å². The Morgan fingerprint density at radius 3 is 2.65 bits per heavy atom. The van der Waals surface area contributed by atoms with Gasteiger partial charge >= 0.3 is 0 Å². The minimum absolute atomic E-state index is 0.651. The van der Waals surface area contributed by atoms with E-state index in [-0.39, 0.29) is 0 Å². The highest BCUT2D eigenvalue weighted by Crippen LogP contribution is 2.27. The van der Waals surface area contributed by atoms with Gasteiger partial charge in [-0.1, -0.05) is 12.1 Å². The zero-order valence-electron chi connectivity index (χ0n) is 12.2. The monoisotopic (exact) mass is 284 g/mol. The Kier molecular flexibility index (Phi) is 4.63. The van der Waals surface area contributed by atoms with Crippen molar-refractivity contribution in [1.29, 1.82) is 0 Å². The van der Waals surface area contributed by atoms with E-state index in [2.05, 4.69) is 28.1 Å². The summed E-state index contributed by atoms with van der Waals surface area (Å²) in [4.78, 5) is 13.2. The maximum Gasteiger partial charge on any atom is 0.274 e. The summed E-state index contributed by atoms with van der Waals surface area (Å²) in [6.07, 6.45) is 1.75. The second kappa shape index (κ2) is 6.43. The highest BCUT2D eigenvalue weighted by Gasteiger charge is 2.07. The summed E-state index contributed by atoms with van der Waals surface area (Å²) in [5.41, 5.74) is 2.54. The van der Waals surface area contributed by atoms with E-state index in [1.807, 2.05) is 44.2 Å². The molecule has 1 aromatic carbocycles. The van der Waals surface area contributed by atoms with Gasteiger partial charge in [0.25, 0.3) is 9.04 Å². The summed E-state index contributed by atoms with van der Waals surface area (Å²) >= 11 is 0. The largest absolute Gasteiger partial charge is 0.541 e. The van der Waals surface area contributed by atoms with Gasteiger partial charge in [0.05, 0.1) is 5.71 Å². The lowest BCUT2D eigenvalue weighted by Crippen LogP contribution is -2.11. The molecule has 0 amide bonds. The van der Waals surface area contributed by atoms with Crippen molar-refractivity contribution in [2.45, 2.75) is 26.9 Å². The number of aryl methyl sites for hydroxylation is 1. The first-order valence-electron chi connectivity index (χ1n) is 6.48. The molecule has 0 unspecified atom stereocenters. The number of para-hydroxylation sites is 2. The molecule has 1 heterocycles. The molecule has 2 rings (SSSR count). The summed E-state index contributed by atoms with van der Waals surface area (Å²) in [5, 5.41) is 0. The Balaban J connectivity index is 2.35. The van der Waals surface area contributed by atoms with Crippen molar-refractivity contribution < 1.29 is 4.43 Å². The molecule has 0 bridgehead atoms. The zero-order chi connectivity index (χ0) is 14.5. The first kappa shape index (κ1) is 14.4. The Bertz CT molecular complexity index is 626. The van der Waals surface area contributed by atoms with E-state index in [4.69, 9.17) is 4.43 Å². The molecule has 0 aliphatic heterocycles. The van der Waals surface area contributed by atoms with Gasteiger partial charge < -0.3 is 4.43 Å². The van der Waals surface area contributed by atoms with E-state index in [1.165, 1.54) is 0 Å². The summed E-state index contributed by atoms with van der Waals surface area (Å²) < 4.78 is 5.86. The molecule has 5 heteroatoms. The summed E-state index contributed by atoms with van der Waals surface area (Å²) in [5.74, 6) is 1.47. The topological polar surface area (TPSA) is 47.4 Å². The molecule has 0 aliphatic rings. The SMILES string of the molecule is CC(=Nc1ccccc1O[Si](C)C)c1nccc(C)n1. The summed E-state index contributed by atoms with van der Waals surface area (Å²) in [6.45, 7) is 8.05. The van der Waals surface area contributed by atoms with Gasteiger partial charge in [-0.2, -0.15) is 0 Å². The summed E-state index contributed by atoms with van der Waals surface area (Å²) in [6, 6.07) is 9.67. The van der Waals surface area contributed by atoms with Gasteiger partial charge in [0, 0.05) is 11.9 Å². The first-order chi connectivity index (χ1) is 9.56. The van der Waals surface area contributed by atoms with Crippen LogP contribution >= 0.6 is 0 Å². The van der Waals surface area contributed by atoms with Gasteiger partial charge in [0.2, 0.25) is 0 Å². The smallest absolute Gasteiger partial charge is 0.274 e. The molecule has 1 aromatic heterocycles. The van der Waals surface area contributed by atoms with Crippen molar-refractivity contribution in [2.24, 2.45) is 4.99 Å². The normalized spacial score (nSPS) is 11.8. The number of hydrogen-bond donors (Lipinski definition) is 0. The number of aromatic nitrogens is 2. The van der Waals surface area contributed by atoms with Crippen molar-refractivity contribution in [1.82, 2.24) is 9.97 Å². The molecule has 0 spiro atoms. The van der Waals surface area contributed by atoms with Crippen LogP contribution in [0.2, 0.25) is 13.1 Å². The zero-order valence-corrected chi connectivity index (χ0v) is 13.2. The molecular weight excluding hydrogens is 266 g/mol. The Morgan fingerprint density at radius 1 is 1.20 bits per heavy atom. The van der Waals surface area contributed by atoms with E-state index in [0.29, 0.717) is 5.82 Å². The van der Waals surface area contributed by atoms with Crippen LogP contribution < -0.4 is 4.43 Å². The Morgan fingerprint density at radius 2 is 1.95 bits per heavy atom. The lowest BCUT2D eigenvalue weighted by atomic mass is 10.3.